The van der Waals surface area contributed by atoms with E-state index in [1.165, 1.54) is 12.8 Å². The van der Waals surface area contributed by atoms with Crippen LogP contribution in [0.1, 0.15) is 72.1 Å². The molecule has 4 saturated carbocycles. The van der Waals surface area contributed by atoms with E-state index >= 15 is 0 Å². The normalized spacial score (nSPS) is 54.6. The van der Waals surface area contributed by atoms with Crippen LogP contribution in [-0.2, 0) is 9.59 Å². The number of Topliss-reactive ketones (excluding diaryl/α,β-unsaturated/α-hetero) is 2. The van der Waals surface area contributed by atoms with Gasteiger partial charge in [-0.15, -0.1) is 0 Å². The quantitative estimate of drug-likeness (QED) is 0.664. The van der Waals surface area contributed by atoms with Gasteiger partial charge >= 0.3 is 0 Å². The first-order valence-corrected chi connectivity index (χ1v) is 9.41. The molecule has 0 radical (unpaired) electrons. The number of ketones is 2. The van der Waals surface area contributed by atoms with E-state index in [4.69, 9.17) is 0 Å². The van der Waals surface area contributed by atoms with E-state index < -0.39 is 0 Å². The van der Waals surface area contributed by atoms with Crippen molar-refractivity contribution in [2.45, 2.75) is 72.1 Å². The van der Waals surface area contributed by atoms with Gasteiger partial charge in [0.25, 0.3) is 0 Å². The summed E-state index contributed by atoms with van der Waals surface area (Å²) >= 11 is 0. The molecule has 0 aromatic rings. The molecule has 0 spiro atoms. The maximum atomic E-state index is 12.4. The van der Waals surface area contributed by atoms with Crippen molar-refractivity contribution in [1.29, 1.82) is 0 Å². The van der Waals surface area contributed by atoms with Gasteiger partial charge in [-0.25, -0.2) is 0 Å². The molecule has 4 fully saturated rings. The molecule has 2 nitrogen and oxygen atoms in total. The lowest BCUT2D eigenvalue weighted by atomic mass is 9.43. The minimum Gasteiger partial charge on any atom is -0.300 e. The summed E-state index contributed by atoms with van der Waals surface area (Å²) in [4.78, 5) is 24.4. The number of hydrogen-bond acceptors (Lipinski definition) is 2. The Morgan fingerprint density at radius 3 is 2.50 bits per heavy atom. The van der Waals surface area contributed by atoms with Crippen molar-refractivity contribution < 1.29 is 9.59 Å². The lowest BCUT2D eigenvalue weighted by Gasteiger charge is -2.61. The average molecular weight is 302 g/mol. The van der Waals surface area contributed by atoms with E-state index in [0.717, 1.165) is 50.4 Å². The van der Waals surface area contributed by atoms with Gasteiger partial charge in [-0.2, -0.15) is 0 Å². The van der Waals surface area contributed by atoms with E-state index in [1.807, 2.05) is 0 Å². The van der Waals surface area contributed by atoms with Crippen LogP contribution >= 0.6 is 0 Å². The van der Waals surface area contributed by atoms with Crippen LogP contribution in [0.25, 0.3) is 0 Å². The van der Waals surface area contributed by atoms with Gasteiger partial charge in [-0.05, 0) is 67.1 Å². The predicted molar refractivity (Wildman–Crippen MR) is 86.3 cm³/mol. The number of carbonyl (C=O) groups is 2. The molecule has 4 aliphatic carbocycles. The summed E-state index contributed by atoms with van der Waals surface area (Å²) in [6.07, 6.45) is 8.23. The first-order chi connectivity index (χ1) is 10.4. The van der Waals surface area contributed by atoms with E-state index in [9.17, 15) is 9.59 Å². The highest BCUT2D eigenvalue weighted by atomic mass is 16.1. The third-order valence-electron chi connectivity index (χ3n) is 8.56. The van der Waals surface area contributed by atoms with Gasteiger partial charge in [0.15, 0.2) is 0 Å². The maximum Gasteiger partial charge on any atom is 0.139 e. The molecule has 0 bridgehead atoms. The Morgan fingerprint density at radius 2 is 1.73 bits per heavy atom. The van der Waals surface area contributed by atoms with Crippen LogP contribution in [0.2, 0.25) is 0 Å². The number of hydrogen-bond donors (Lipinski definition) is 0. The Balaban J connectivity index is 1.69. The van der Waals surface area contributed by atoms with Crippen LogP contribution in [0.15, 0.2) is 0 Å². The van der Waals surface area contributed by atoms with Crippen molar-refractivity contribution >= 4 is 11.6 Å². The molecule has 0 aromatic heterocycles. The van der Waals surface area contributed by atoms with Crippen molar-refractivity contribution in [3.8, 4) is 0 Å². The maximum absolute atomic E-state index is 12.4. The zero-order valence-corrected chi connectivity index (χ0v) is 14.4. The summed E-state index contributed by atoms with van der Waals surface area (Å²) in [5.74, 6) is 4.38. The lowest BCUT2D eigenvalue weighted by Crippen LogP contribution is -2.55. The Morgan fingerprint density at radius 1 is 0.955 bits per heavy atom. The summed E-state index contributed by atoms with van der Waals surface area (Å²) in [6.45, 7) is 7.12. The molecule has 0 N–H and O–H groups in total. The molecule has 0 aliphatic heterocycles. The minimum absolute atomic E-state index is 0.0193. The molecular weight excluding hydrogens is 272 g/mol. The topological polar surface area (TPSA) is 34.1 Å². The number of fused-ring (bicyclic) bond motifs is 5. The first-order valence-electron chi connectivity index (χ1n) is 9.41. The molecule has 0 saturated heterocycles. The van der Waals surface area contributed by atoms with E-state index in [2.05, 4.69) is 20.8 Å². The van der Waals surface area contributed by atoms with E-state index in [-0.39, 0.29) is 5.41 Å². The van der Waals surface area contributed by atoms with Crippen LogP contribution in [0, 0.1) is 40.4 Å². The van der Waals surface area contributed by atoms with Crippen molar-refractivity contribution in [2.75, 3.05) is 0 Å². The smallest absolute Gasteiger partial charge is 0.139 e. The summed E-state index contributed by atoms with van der Waals surface area (Å²) in [7, 11) is 0. The molecule has 0 heterocycles. The second-order valence-electron chi connectivity index (χ2n) is 9.36. The Bertz CT molecular complexity index is 524. The molecule has 122 valence electrons. The van der Waals surface area contributed by atoms with Gasteiger partial charge in [0.2, 0.25) is 0 Å². The third kappa shape index (κ3) is 1.79. The van der Waals surface area contributed by atoms with Crippen LogP contribution < -0.4 is 0 Å². The predicted octanol–water partition coefficient (Wildman–Crippen LogP) is 4.41. The van der Waals surface area contributed by atoms with Crippen molar-refractivity contribution in [1.82, 2.24) is 0 Å². The Hall–Kier alpha value is -0.660. The van der Waals surface area contributed by atoms with Gasteiger partial charge in [0, 0.05) is 24.7 Å². The summed E-state index contributed by atoms with van der Waals surface area (Å²) in [5, 5.41) is 0. The standard InChI is InChI=1S/C20H30O2/c1-12-10-14-15-4-5-18(22)20(15,3)9-7-16(14)19(2)8-6-13(21)11-17(12)19/h12,14-17H,4-11H2,1-3H3/t12-,14-,15-,16-,17+,19+,20-/m0/s1. The molecule has 7 atom stereocenters. The minimum atomic E-state index is -0.0193. The zero-order chi connectivity index (χ0) is 15.7. The number of rotatable bonds is 0. The molecule has 2 heteroatoms. The summed E-state index contributed by atoms with van der Waals surface area (Å²) in [5.41, 5.74) is 0.331. The summed E-state index contributed by atoms with van der Waals surface area (Å²) < 4.78 is 0. The number of carbonyl (C=O) groups excluding carboxylic acids is 2. The molecule has 0 unspecified atom stereocenters. The third-order valence-corrected chi connectivity index (χ3v) is 8.56. The molecular formula is C20H30O2. The molecule has 0 amide bonds. The van der Waals surface area contributed by atoms with Crippen molar-refractivity contribution in [3.05, 3.63) is 0 Å². The highest BCUT2D eigenvalue weighted by molar-refractivity contribution is 5.87. The Kier molecular flexibility index (Phi) is 3.17. The second kappa shape index (κ2) is 4.68. The van der Waals surface area contributed by atoms with Crippen LogP contribution in [-0.4, -0.2) is 11.6 Å². The first kappa shape index (κ1) is 14.9. The van der Waals surface area contributed by atoms with Crippen molar-refractivity contribution in [2.24, 2.45) is 40.4 Å². The monoisotopic (exact) mass is 302 g/mol. The van der Waals surface area contributed by atoms with Crippen LogP contribution in [0.4, 0.5) is 0 Å². The SMILES string of the molecule is C[C@H]1C[C@@H]2[C@H](CC[C@]3(C)C(=O)CC[C@@H]23)[C@@]2(C)CCC(=O)C[C@H]12. The summed E-state index contributed by atoms with van der Waals surface area (Å²) in [6, 6.07) is 0. The lowest BCUT2D eigenvalue weighted by molar-refractivity contribution is -0.151. The van der Waals surface area contributed by atoms with Gasteiger partial charge < -0.3 is 0 Å². The highest BCUT2D eigenvalue weighted by Crippen LogP contribution is 2.66. The molecule has 22 heavy (non-hydrogen) atoms. The molecule has 4 rings (SSSR count). The fraction of sp³-hybridized carbons (Fsp3) is 0.900. The van der Waals surface area contributed by atoms with E-state index in [0.29, 0.717) is 34.7 Å². The fourth-order valence-corrected chi connectivity index (χ4v) is 7.29. The zero-order valence-electron chi connectivity index (χ0n) is 14.4. The average Bonchev–Trinajstić information content (AvgIpc) is 2.77. The van der Waals surface area contributed by atoms with Gasteiger partial charge in [-0.3, -0.25) is 9.59 Å². The van der Waals surface area contributed by atoms with Gasteiger partial charge in [-0.1, -0.05) is 20.8 Å². The van der Waals surface area contributed by atoms with Crippen LogP contribution in [0.5, 0.6) is 0 Å². The second-order valence-corrected chi connectivity index (χ2v) is 9.36. The molecule has 4 aliphatic rings. The Labute approximate surface area is 134 Å². The highest BCUT2D eigenvalue weighted by Gasteiger charge is 2.61. The van der Waals surface area contributed by atoms with Gasteiger partial charge in [0.05, 0.1) is 0 Å². The van der Waals surface area contributed by atoms with Crippen LogP contribution in [0.3, 0.4) is 0 Å². The molecule has 0 aromatic carbocycles. The van der Waals surface area contributed by atoms with E-state index in [1.54, 1.807) is 0 Å². The largest absolute Gasteiger partial charge is 0.300 e. The van der Waals surface area contributed by atoms with Gasteiger partial charge in [0.1, 0.15) is 11.6 Å². The van der Waals surface area contributed by atoms with Crippen molar-refractivity contribution in [3.63, 3.8) is 0 Å². The fourth-order valence-electron chi connectivity index (χ4n) is 7.29.